The summed E-state index contributed by atoms with van der Waals surface area (Å²) >= 11 is 3.57. The smallest absolute Gasteiger partial charge is 0.142 e. The average Bonchev–Trinajstić information content (AvgIpc) is 2.34. The SMILES string of the molecule is COCCCN(CCOC)c1ncc(C)cc1Br. The topological polar surface area (TPSA) is 34.6 Å². The minimum Gasteiger partial charge on any atom is -0.385 e. The van der Waals surface area contributed by atoms with Gasteiger partial charge in [-0.2, -0.15) is 0 Å². The fourth-order valence-electron chi connectivity index (χ4n) is 1.68. The van der Waals surface area contributed by atoms with Gasteiger partial charge in [-0.3, -0.25) is 0 Å². The maximum Gasteiger partial charge on any atom is 0.142 e. The van der Waals surface area contributed by atoms with Gasteiger partial charge in [-0.05, 0) is 40.9 Å². The maximum absolute atomic E-state index is 5.15. The molecule has 0 unspecified atom stereocenters. The van der Waals surface area contributed by atoms with E-state index in [4.69, 9.17) is 9.47 Å². The van der Waals surface area contributed by atoms with Crippen molar-refractivity contribution in [2.75, 3.05) is 45.4 Å². The number of aromatic nitrogens is 1. The van der Waals surface area contributed by atoms with Crippen molar-refractivity contribution >= 4 is 21.7 Å². The zero-order valence-corrected chi connectivity index (χ0v) is 12.9. The summed E-state index contributed by atoms with van der Waals surface area (Å²) in [7, 11) is 3.44. The number of hydrogen-bond donors (Lipinski definition) is 0. The van der Waals surface area contributed by atoms with Crippen LogP contribution in [0.2, 0.25) is 0 Å². The first-order valence-electron chi connectivity index (χ1n) is 6.04. The van der Waals surface area contributed by atoms with E-state index in [1.54, 1.807) is 14.2 Å². The van der Waals surface area contributed by atoms with Crippen LogP contribution in [0.4, 0.5) is 5.82 Å². The van der Waals surface area contributed by atoms with Gasteiger partial charge in [0.15, 0.2) is 0 Å². The fourth-order valence-corrected chi connectivity index (χ4v) is 2.40. The second kappa shape index (κ2) is 8.45. The van der Waals surface area contributed by atoms with Crippen molar-refractivity contribution in [1.82, 2.24) is 4.98 Å². The molecule has 5 heteroatoms. The van der Waals surface area contributed by atoms with Crippen LogP contribution in [0.5, 0.6) is 0 Å². The molecule has 0 N–H and O–H groups in total. The van der Waals surface area contributed by atoms with Crippen LogP contribution in [0.15, 0.2) is 16.7 Å². The number of ether oxygens (including phenoxy) is 2. The lowest BCUT2D eigenvalue weighted by Gasteiger charge is -2.24. The Bertz CT molecular complexity index is 361. The molecule has 1 rings (SSSR count). The number of methoxy groups -OCH3 is 2. The predicted octanol–water partition coefficient (Wildman–Crippen LogP) is 2.64. The van der Waals surface area contributed by atoms with Crippen LogP contribution in [0.3, 0.4) is 0 Å². The molecule has 0 aromatic carbocycles. The van der Waals surface area contributed by atoms with E-state index in [2.05, 4.69) is 31.9 Å². The van der Waals surface area contributed by atoms with Gasteiger partial charge in [0.05, 0.1) is 11.1 Å². The van der Waals surface area contributed by atoms with E-state index >= 15 is 0 Å². The molecule has 102 valence electrons. The minimum atomic E-state index is 0.689. The monoisotopic (exact) mass is 316 g/mol. The standard InChI is InChI=1S/C13H21BrN2O2/c1-11-9-12(14)13(15-10-11)16(6-8-18-3)5-4-7-17-2/h9-10H,4-8H2,1-3H3. The van der Waals surface area contributed by atoms with Crippen molar-refractivity contribution < 1.29 is 9.47 Å². The summed E-state index contributed by atoms with van der Waals surface area (Å²) in [5.41, 5.74) is 1.15. The van der Waals surface area contributed by atoms with E-state index in [-0.39, 0.29) is 0 Å². The number of rotatable bonds is 8. The van der Waals surface area contributed by atoms with Crippen molar-refractivity contribution in [2.24, 2.45) is 0 Å². The lowest BCUT2D eigenvalue weighted by atomic mass is 10.3. The minimum absolute atomic E-state index is 0.689. The molecule has 0 aliphatic heterocycles. The molecule has 0 aliphatic carbocycles. The van der Waals surface area contributed by atoms with Gasteiger partial charge in [-0.15, -0.1) is 0 Å². The molecular weight excluding hydrogens is 296 g/mol. The molecule has 0 fully saturated rings. The summed E-state index contributed by atoms with van der Waals surface area (Å²) in [6.07, 6.45) is 2.86. The molecule has 0 saturated heterocycles. The van der Waals surface area contributed by atoms with Crippen molar-refractivity contribution in [1.29, 1.82) is 0 Å². The van der Waals surface area contributed by atoms with Crippen LogP contribution in [0.1, 0.15) is 12.0 Å². The molecular formula is C13H21BrN2O2. The molecule has 0 amide bonds. The Morgan fingerprint density at radius 2 is 1.94 bits per heavy atom. The van der Waals surface area contributed by atoms with Crippen LogP contribution in [-0.2, 0) is 9.47 Å². The van der Waals surface area contributed by atoms with Gasteiger partial charge in [-0.25, -0.2) is 4.98 Å². The van der Waals surface area contributed by atoms with Crippen LogP contribution in [0, 0.1) is 6.92 Å². The highest BCUT2D eigenvalue weighted by atomic mass is 79.9. The molecule has 0 spiro atoms. The normalized spacial score (nSPS) is 10.7. The van der Waals surface area contributed by atoms with Gasteiger partial charge in [-0.1, -0.05) is 0 Å². The molecule has 0 atom stereocenters. The number of anilines is 1. The van der Waals surface area contributed by atoms with Crippen LogP contribution in [-0.4, -0.2) is 45.5 Å². The summed E-state index contributed by atoms with van der Waals surface area (Å²) in [4.78, 5) is 6.71. The van der Waals surface area contributed by atoms with Crippen LogP contribution in [0.25, 0.3) is 0 Å². The fraction of sp³-hybridized carbons (Fsp3) is 0.615. The lowest BCUT2D eigenvalue weighted by Crippen LogP contribution is -2.30. The highest BCUT2D eigenvalue weighted by Gasteiger charge is 2.11. The van der Waals surface area contributed by atoms with Gasteiger partial charge in [0.1, 0.15) is 5.82 Å². The van der Waals surface area contributed by atoms with Gasteiger partial charge in [0.25, 0.3) is 0 Å². The number of pyridine rings is 1. The Kier molecular flexibility index (Phi) is 7.23. The van der Waals surface area contributed by atoms with Crippen molar-refractivity contribution in [3.8, 4) is 0 Å². The van der Waals surface area contributed by atoms with E-state index in [1.807, 2.05) is 13.1 Å². The Balaban J connectivity index is 2.73. The molecule has 0 saturated carbocycles. The van der Waals surface area contributed by atoms with Crippen molar-refractivity contribution in [3.63, 3.8) is 0 Å². The third kappa shape index (κ3) is 4.92. The maximum atomic E-state index is 5.15. The van der Waals surface area contributed by atoms with Gasteiger partial charge in [0.2, 0.25) is 0 Å². The molecule has 1 aromatic rings. The van der Waals surface area contributed by atoms with Gasteiger partial charge < -0.3 is 14.4 Å². The average molecular weight is 317 g/mol. The van der Waals surface area contributed by atoms with E-state index < -0.39 is 0 Å². The number of aryl methyl sites for hydroxylation is 1. The molecule has 0 aliphatic rings. The van der Waals surface area contributed by atoms with E-state index in [0.717, 1.165) is 42.0 Å². The van der Waals surface area contributed by atoms with Crippen LogP contribution < -0.4 is 4.90 Å². The Hall–Kier alpha value is -0.650. The second-order valence-electron chi connectivity index (χ2n) is 4.14. The molecule has 1 heterocycles. The van der Waals surface area contributed by atoms with E-state index in [1.165, 1.54) is 0 Å². The number of halogens is 1. The predicted molar refractivity (Wildman–Crippen MR) is 77.3 cm³/mol. The summed E-state index contributed by atoms with van der Waals surface area (Å²) in [6, 6.07) is 2.08. The molecule has 18 heavy (non-hydrogen) atoms. The van der Waals surface area contributed by atoms with Crippen molar-refractivity contribution in [2.45, 2.75) is 13.3 Å². The zero-order valence-electron chi connectivity index (χ0n) is 11.3. The summed E-state index contributed by atoms with van der Waals surface area (Å²) in [5.74, 6) is 0.966. The third-order valence-electron chi connectivity index (χ3n) is 2.60. The third-order valence-corrected chi connectivity index (χ3v) is 3.18. The molecule has 0 radical (unpaired) electrons. The Morgan fingerprint density at radius 1 is 1.22 bits per heavy atom. The largest absolute Gasteiger partial charge is 0.385 e. The van der Waals surface area contributed by atoms with E-state index in [0.29, 0.717) is 6.61 Å². The highest BCUT2D eigenvalue weighted by molar-refractivity contribution is 9.10. The first-order valence-corrected chi connectivity index (χ1v) is 6.83. The van der Waals surface area contributed by atoms with Gasteiger partial charge in [0, 0.05) is 40.1 Å². The Labute approximate surface area is 117 Å². The van der Waals surface area contributed by atoms with Crippen molar-refractivity contribution in [3.05, 3.63) is 22.3 Å². The highest BCUT2D eigenvalue weighted by Crippen LogP contribution is 2.24. The molecule has 1 aromatic heterocycles. The number of nitrogens with zero attached hydrogens (tertiary/aromatic N) is 2. The quantitative estimate of drug-likeness (QED) is 0.691. The van der Waals surface area contributed by atoms with E-state index in [9.17, 15) is 0 Å². The van der Waals surface area contributed by atoms with Crippen LogP contribution >= 0.6 is 15.9 Å². The molecule has 0 bridgehead atoms. The summed E-state index contributed by atoms with van der Waals surface area (Å²) in [5, 5.41) is 0. The lowest BCUT2D eigenvalue weighted by molar-refractivity contribution is 0.191. The zero-order chi connectivity index (χ0) is 13.4. The summed E-state index contributed by atoms with van der Waals surface area (Å²) < 4.78 is 11.3. The van der Waals surface area contributed by atoms with Gasteiger partial charge >= 0.3 is 0 Å². The Morgan fingerprint density at radius 3 is 2.56 bits per heavy atom. The second-order valence-corrected chi connectivity index (χ2v) is 5.00. The first kappa shape index (κ1) is 15.4. The number of hydrogen-bond acceptors (Lipinski definition) is 4. The molecule has 4 nitrogen and oxygen atoms in total. The first-order chi connectivity index (χ1) is 8.69. The summed E-state index contributed by atoms with van der Waals surface area (Å²) in [6.45, 7) is 5.22.